The number of thiophene rings is 1. The Morgan fingerprint density at radius 1 is 1.29 bits per heavy atom. The second-order valence-electron chi connectivity index (χ2n) is 4.18. The van der Waals surface area contributed by atoms with Gasteiger partial charge in [0.05, 0.1) is 12.7 Å². The highest BCUT2D eigenvalue weighted by Gasteiger charge is 2.26. The summed E-state index contributed by atoms with van der Waals surface area (Å²) in [6.07, 6.45) is 0. The molecule has 2 aromatic heterocycles. The van der Waals surface area contributed by atoms with Gasteiger partial charge in [-0.2, -0.15) is 15.0 Å². The minimum absolute atomic E-state index is 0.0629. The number of nitrogens with zero attached hydrogens (tertiary/aromatic N) is 3. The fourth-order valence-electron chi connectivity index (χ4n) is 1.56. The van der Waals surface area contributed by atoms with E-state index in [1.54, 1.807) is 4.72 Å². The van der Waals surface area contributed by atoms with Crippen LogP contribution in [0.25, 0.3) is 0 Å². The minimum Gasteiger partial charge on any atom is -0.478 e. The van der Waals surface area contributed by atoms with Gasteiger partial charge in [-0.3, -0.25) is 5.32 Å². The van der Waals surface area contributed by atoms with E-state index in [-0.39, 0.29) is 17.8 Å². The van der Waals surface area contributed by atoms with Crippen molar-refractivity contribution >= 4 is 39.3 Å². The molecule has 3 N–H and O–H groups in total. The number of rotatable bonds is 5. The van der Waals surface area contributed by atoms with Gasteiger partial charge >= 0.3 is 18.0 Å². The van der Waals surface area contributed by atoms with Crippen molar-refractivity contribution in [3.8, 4) is 6.01 Å². The van der Waals surface area contributed by atoms with Gasteiger partial charge in [0.2, 0.25) is 5.95 Å². The highest BCUT2D eigenvalue weighted by Crippen LogP contribution is 2.22. The molecule has 128 valence electrons. The van der Waals surface area contributed by atoms with Crippen molar-refractivity contribution in [2.24, 2.45) is 0 Å². The number of hydrogen-bond donors (Lipinski definition) is 3. The molecule has 0 atom stereocenters. The lowest BCUT2D eigenvalue weighted by Crippen LogP contribution is -2.35. The van der Waals surface area contributed by atoms with Gasteiger partial charge in [-0.25, -0.2) is 22.7 Å². The quantitative estimate of drug-likeness (QED) is 0.676. The Labute approximate surface area is 139 Å². The molecule has 24 heavy (non-hydrogen) atoms. The molecule has 13 heteroatoms. The van der Waals surface area contributed by atoms with Crippen LogP contribution in [0, 0.1) is 6.92 Å². The molecule has 2 rings (SSSR count). The van der Waals surface area contributed by atoms with E-state index < -0.39 is 31.8 Å². The number of carboxylic acids is 1. The van der Waals surface area contributed by atoms with Crippen LogP contribution in [0.3, 0.4) is 0 Å². The molecule has 0 radical (unpaired) electrons. The lowest BCUT2D eigenvalue weighted by Gasteiger charge is -2.08. The number of nitrogens with one attached hydrogen (secondary N) is 2. The average molecular weight is 373 g/mol. The third-order valence-corrected chi connectivity index (χ3v) is 5.28. The summed E-state index contributed by atoms with van der Waals surface area (Å²) >= 11 is 0.669. The van der Waals surface area contributed by atoms with E-state index in [9.17, 15) is 18.0 Å². The number of carbonyl (C=O) groups is 2. The first-order valence-corrected chi connectivity index (χ1v) is 8.50. The smallest absolute Gasteiger partial charge is 0.337 e. The Hall–Kier alpha value is -2.80. The lowest BCUT2D eigenvalue weighted by molar-refractivity contribution is 0.0693. The molecule has 0 aliphatic carbocycles. The number of urea groups is 1. The summed E-state index contributed by atoms with van der Waals surface area (Å²) in [6, 6.07) is -0.0980. The van der Waals surface area contributed by atoms with E-state index in [0.717, 1.165) is 6.07 Å². The first-order valence-electron chi connectivity index (χ1n) is 6.14. The molecule has 0 aliphatic heterocycles. The fourth-order valence-corrected chi connectivity index (χ4v) is 3.80. The fraction of sp³-hybridized carbons (Fsp3) is 0.182. The number of aromatic nitrogens is 3. The number of hydrogen-bond acceptors (Lipinski definition) is 9. The molecule has 0 aromatic carbocycles. The second-order valence-corrected chi connectivity index (χ2v) is 6.97. The Kier molecular flexibility index (Phi) is 4.94. The molecule has 0 unspecified atom stereocenters. The van der Waals surface area contributed by atoms with E-state index in [4.69, 9.17) is 9.84 Å². The van der Waals surface area contributed by atoms with Crippen LogP contribution in [0.2, 0.25) is 0 Å². The average Bonchev–Trinajstić information content (AvgIpc) is 2.96. The molecule has 2 heterocycles. The van der Waals surface area contributed by atoms with Crippen LogP contribution in [0.15, 0.2) is 15.7 Å². The summed E-state index contributed by atoms with van der Waals surface area (Å²) in [4.78, 5) is 34.2. The van der Waals surface area contributed by atoms with Gasteiger partial charge in [0, 0.05) is 0 Å². The minimum atomic E-state index is -4.36. The number of carbonyl (C=O) groups excluding carboxylic acids is 1. The third kappa shape index (κ3) is 3.94. The Bertz CT molecular complexity index is 894. The number of sulfonamides is 1. The van der Waals surface area contributed by atoms with Gasteiger partial charge in [-0.05, 0) is 18.4 Å². The first-order chi connectivity index (χ1) is 11.2. The zero-order chi connectivity index (χ0) is 17.9. The zero-order valence-electron chi connectivity index (χ0n) is 12.3. The van der Waals surface area contributed by atoms with Crippen LogP contribution in [0.5, 0.6) is 6.01 Å². The maximum Gasteiger partial charge on any atom is 0.337 e. The van der Waals surface area contributed by atoms with E-state index in [1.807, 2.05) is 0 Å². The number of amides is 2. The first kappa shape index (κ1) is 17.6. The van der Waals surface area contributed by atoms with Gasteiger partial charge in [0.1, 0.15) is 5.82 Å². The summed E-state index contributed by atoms with van der Waals surface area (Å²) in [5.74, 6) is -1.40. The van der Waals surface area contributed by atoms with Crippen molar-refractivity contribution < 1.29 is 27.9 Å². The maximum absolute atomic E-state index is 12.1. The molecular formula is C11H11N5O6S2. The normalized spacial score (nSPS) is 10.9. The molecule has 2 amide bonds. The molecule has 0 bridgehead atoms. The van der Waals surface area contributed by atoms with E-state index in [1.165, 1.54) is 19.4 Å². The molecule has 11 nitrogen and oxygen atoms in total. The SMILES string of the molecule is COc1nc(C)nc(NC(=O)NS(=O)(=O)c2sccc2C(=O)O)n1. The van der Waals surface area contributed by atoms with Crippen molar-refractivity contribution in [2.75, 3.05) is 12.4 Å². The van der Waals surface area contributed by atoms with Crippen molar-refractivity contribution in [1.29, 1.82) is 0 Å². The van der Waals surface area contributed by atoms with E-state index in [0.29, 0.717) is 11.3 Å². The van der Waals surface area contributed by atoms with Gasteiger partial charge in [-0.1, -0.05) is 0 Å². The monoisotopic (exact) mass is 373 g/mol. The Morgan fingerprint density at radius 2 is 2.00 bits per heavy atom. The molecule has 0 aliphatic rings. The standard InChI is InChI=1S/C11H11N5O6S2/c1-5-12-9(15-11(13-5)22-2)14-10(19)16-24(20,21)8-6(7(17)18)3-4-23-8/h3-4H,1-2H3,(H,17,18)(H2,12,13,14,15,16,19). The van der Waals surface area contributed by atoms with Crippen molar-refractivity contribution in [3.05, 3.63) is 22.8 Å². The summed E-state index contributed by atoms with van der Waals surface area (Å²) < 4.78 is 30.2. The summed E-state index contributed by atoms with van der Waals surface area (Å²) in [5.41, 5.74) is -0.432. The highest BCUT2D eigenvalue weighted by atomic mass is 32.2. The number of ether oxygens (including phenoxy) is 1. The van der Waals surface area contributed by atoms with Crippen LogP contribution >= 0.6 is 11.3 Å². The molecular weight excluding hydrogens is 362 g/mol. The largest absolute Gasteiger partial charge is 0.478 e. The predicted molar refractivity (Wildman–Crippen MR) is 81.7 cm³/mol. The molecule has 2 aromatic rings. The van der Waals surface area contributed by atoms with Gasteiger partial charge in [0.15, 0.2) is 4.21 Å². The van der Waals surface area contributed by atoms with Crippen molar-refractivity contribution in [3.63, 3.8) is 0 Å². The van der Waals surface area contributed by atoms with E-state index >= 15 is 0 Å². The van der Waals surface area contributed by atoms with Crippen LogP contribution in [-0.2, 0) is 10.0 Å². The summed E-state index contributed by atoms with van der Waals surface area (Å²) in [5, 5.41) is 12.3. The Morgan fingerprint density at radius 3 is 2.62 bits per heavy atom. The number of aromatic carboxylic acids is 1. The highest BCUT2D eigenvalue weighted by molar-refractivity contribution is 7.92. The number of anilines is 1. The third-order valence-electron chi connectivity index (χ3n) is 2.47. The van der Waals surface area contributed by atoms with Gasteiger partial charge in [-0.15, -0.1) is 11.3 Å². The summed E-state index contributed by atoms with van der Waals surface area (Å²) in [7, 11) is -3.05. The van der Waals surface area contributed by atoms with Crippen molar-refractivity contribution in [1.82, 2.24) is 19.7 Å². The number of methoxy groups -OCH3 is 1. The maximum atomic E-state index is 12.1. The van der Waals surface area contributed by atoms with Crippen LogP contribution < -0.4 is 14.8 Å². The topological polar surface area (TPSA) is 160 Å². The van der Waals surface area contributed by atoms with Gasteiger partial charge in [0.25, 0.3) is 10.0 Å². The Balaban J connectivity index is 2.18. The van der Waals surface area contributed by atoms with Crippen LogP contribution in [0.4, 0.5) is 10.7 Å². The number of aryl methyl sites for hydroxylation is 1. The summed E-state index contributed by atoms with van der Waals surface area (Å²) in [6.45, 7) is 1.52. The van der Waals surface area contributed by atoms with Crippen molar-refractivity contribution in [2.45, 2.75) is 11.1 Å². The molecule has 0 fully saturated rings. The molecule has 0 saturated heterocycles. The van der Waals surface area contributed by atoms with Gasteiger partial charge < -0.3 is 9.84 Å². The molecule has 0 saturated carbocycles. The number of carboxylic acid groups (broad SMARTS) is 1. The van der Waals surface area contributed by atoms with Crippen LogP contribution in [-0.4, -0.2) is 47.6 Å². The molecule has 0 spiro atoms. The zero-order valence-corrected chi connectivity index (χ0v) is 13.9. The van der Waals surface area contributed by atoms with Crippen LogP contribution in [0.1, 0.15) is 16.2 Å². The predicted octanol–water partition coefficient (Wildman–Crippen LogP) is 0.459. The second kappa shape index (κ2) is 6.76. The lowest BCUT2D eigenvalue weighted by atomic mass is 10.4. The van der Waals surface area contributed by atoms with E-state index in [2.05, 4.69) is 20.3 Å².